The van der Waals surface area contributed by atoms with Crippen LogP contribution in [0.2, 0.25) is 5.02 Å². The molecular formula is C15H14ClN3O2. The minimum absolute atomic E-state index is 0.200. The van der Waals surface area contributed by atoms with Crippen molar-refractivity contribution in [1.29, 1.82) is 0 Å². The van der Waals surface area contributed by atoms with E-state index in [-0.39, 0.29) is 6.01 Å². The van der Waals surface area contributed by atoms with E-state index in [0.717, 1.165) is 22.0 Å². The van der Waals surface area contributed by atoms with Gasteiger partial charge in [-0.05, 0) is 37.1 Å². The largest absolute Gasteiger partial charge is 0.479 e. The summed E-state index contributed by atoms with van der Waals surface area (Å²) in [6.07, 6.45) is 0. The molecule has 108 valence electrons. The molecule has 0 amide bonds. The van der Waals surface area contributed by atoms with Crippen LogP contribution in [0.5, 0.6) is 11.9 Å². The number of pyridine rings is 1. The highest BCUT2D eigenvalue weighted by Crippen LogP contribution is 2.34. The molecule has 1 aromatic carbocycles. The van der Waals surface area contributed by atoms with Gasteiger partial charge in [0.2, 0.25) is 5.88 Å². The van der Waals surface area contributed by atoms with Gasteiger partial charge in [0.1, 0.15) is 5.52 Å². The van der Waals surface area contributed by atoms with Crippen molar-refractivity contribution >= 4 is 33.5 Å². The maximum Gasteiger partial charge on any atom is 0.320 e. The molecule has 2 aromatic heterocycles. The van der Waals surface area contributed by atoms with Crippen LogP contribution in [0.15, 0.2) is 12.1 Å². The first-order valence-corrected chi connectivity index (χ1v) is 6.79. The van der Waals surface area contributed by atoms with Crippen LogP contribution in [0.1, 0.15) is 11.1 Å². The summed E-state index contributed by atoms with van der Waals surface area (Å²) in [5, 5.41) is 1.38. The minimum Gasteiger partial charge on any atom is -0.479 e. The van der Waals surface area contributed by atoms with Gasteiger partial charge >= 0.3 is 6.01 Å². The molecule has 21 heavy (non-hydrogen) atoms. The third-order valence-corrected chi connectivity index (χ3v) is 3.88. The molecule has 0 aliphatic carbocycles. The van der Waals surface area contributed by atoms with Gasteiger partial charge in [0.15, 0.2) is 5.52 Å². The lowest BCUT2D eigenvalue weighted by molar-refractivity contribution is 0.356. The molecule has 3 rings (SSSR count). The molecular weight excluding hydrogens is 290 g/mol. The van der Waals surface area contributed by atoms with Crippen LogP contribution in [0.25, 0.3) is 21.9 Å². The Morgan fingerprint density at radius 3 is 2.29 bits per heavy atom. The Morgan fingerprint density at radius 1 is 0.905 bits per heavy atom. The van der Waals surface area contributed by atoms with Crippen LogP contribution in [-0.4, -0.2) is 29.2 Å². The number of rotatable bonds is 2. The van der Waals surface area contributed by atoms with E-state index in [4.69, 9.17) is 21.1 Å². The van der Waals surface area contributed by atoms with Crippen LogP contribution in [0.4, 0.5) is 0 Å². The fourth-order valence-corrected chi connectivity index (χ4v) is 2.50. The maximum atomic E-state index is 6.52. The molecule has 0 aliphatic heterocycles. The Hall–Kier alpha value is -2.14. The van der Waals surface area contributed by atoms with E-state index in [9.17, 15) is 0 Å². The zero-order valence-electron chi connectivity index (χ0n) is 12.2. The molecule has 0 bridgehead atoms. The molecule has 0 saturated carbocycles. The number of aromatic nitrogens is 3. The Kier molecular flexibility index (Phi) is 3.29. The predicted molar refractivity (Wildman–Crippen MR) is 82.4 cm³/mol. The molecule has 0 spiro atoms. The normalized spacial score (nSPS) is 11.1. The van der Waals surface area contributed by atoms with Crippen LogP contribution < -0.4 is 9.47 Å². The number of benzene rings is 1. The zero-order chi connectivity index (χ0) is 15.1. The van der Waals surface area contributed by atoms with Crippen molar-refractivity contribution in [2.45, 2.75) is 13.8 Å². The summed E-state index contributed by atoms with van der Waals surface area (Å²) < 4.78 is 10.4. The monoisotopic (exact) mass is 303 g/mol. The second-order valence-corrected chi connectivity index (χ2v) is 5.17. The van der Waals surface area contributed by atoms with Crippen molar-refractivity contribution < 1.29 is 9.47 Å². The van der Waals surface area contributed by atoms with Crippen molar-refractivity contribution in [3.05, 3.63) is 28.3 Å². The summed E-state index contributed by atoms with van der Waals surface area (Å²) in [5.74, 6) is 0.346. The van der Waals surface area contributed by atoms with Crippen LogP contribution >= 0.6 is 11.6 Å². The Bertz CT molecular complexity index is 865. The molecule has 6 heteroatoms. The van der Waals surface area contributed by atoms with E-state index in [1.165, 1.54) is 14.2 Å². The number of fused-ring (bicyclic) bond motifs is 2. The highest BCUT2D eigenvalue weighted by molar-refractivity contribution is 6.40. The van der Waals surface area contributed by atoms with E-state index in [0.29, 0.717) is 21.9 Å². The van der Waals surface area contributed by atoms with Gasteiger partial charge in [-0.3, -0.25) is 0 Å². The number of hydrogen-bond donors (Lipinski definition) is 0. The fourth-order valence-electron chi connectivity index (χ4n) is 2.22. The summed E-state index contributed by atoms with van der Waals surface area (Å²) in [5.41, 5.74) is 4.15. The van der Waals surface area contributed by atoms with Gasteiger partial charge in [0, 0.05) is 5.39 Å². The van der Waals surface area contributed by atoms with E-state index < -0.39 is 0 Å². The molecule has 0 unspecified atom stereocenters. The molecule has 0 aliphatic rings. The lowest BCUT2D eigenvalue weighted by Gasteiger charge is -2.10. The Balaban J connectivity index is 2.49. The quantitative estimate of drug-likeness (QED) is 0.679. The molecule has 5 nitrogen and oxygen atoms in total. The SMILES string of the molecule is COc1nc(OC)c2nc3cc(C)c(C)cc3c(Cl)c2n1. The third kappa shape index (κ3) is 2.14. The molecule has 0 N–H and O–H groups in total. The number of hydrogen-bond acceptors (Lipinski definition) is 5. The Morgan fingerprint density at radius 2 is 1.62 bits per heavy atom. The lowest BCUT2D eigenvalue weighted by Crippen LogP contribution is -1.99. The number of methoxy groups -OCH3 is 2. The van der Waals surface area contributed by atoms with Crippen LogP contribution in [-0.2, 0) is 0 Å². The van der Waals surface area contributed by atoms with E-state index >= 15 is 0 Å². The first kappa shape index (κ1) is 13.8. The molecule has 0 saturated heterocycles. The van der Waals surface area contributed by atoms with Crippen molar-refractivity contribution in [1.82, 2.24) is 15.0 Å². The minimum atomic E-state index is 0.200. The number of nitrogens with zero attached hydrogens (tertiary/aromatic N) is 3. The van der Waals surface area contributed by atoms with Crippen molar-refractivity contribution in [3.8, 4) is 11.9 Å². The summed E-state index contributed by atoms with van der Waals surface area (Å²) in [6, 6.07) is 4.21. The highest BCUT2D eigenvalue weighted by Gasteiger charge is 2.16. The summed E-state index contributed by atoms with van der Waals surface area (Å²) in [6.45, 7) is 4.08. The summed E-state index contributed by atoms with van der Waals surface area (Å²) in [4.78, 5) is 13.0. The van der Waals surface area contributed by atoms with Crippen molar-refractivity contribution in [2.75, 3.05) is 14.2 Å². The van der Waals surface area contributed by atoms with Gasteiger partial charge in [-0.15, -0.1) is 0 Å². The van der Waals surface area contributed by atoms with E-state index in [2.05, 4.69) is 15.0 Å². The van der Waals surface area contributed by atoms with Crippen LogP contribution in [0.3, 0.4) is 0 Å². The average molecular weight is 304 g/mol. The van der Waals surface area contributed by atoms with Gasteiger partial charge in [-0.25, -0.2) is 4.98 Å². The Labute approximate surface area is 126 Å². The summed E-state index contributed by atoms with van der Waals surface area (Å²) >= 11 is 6.52. The second kappa shape index (κ2) is 5.00. The second-order valence-electron chi connectivity index (χ2n) is 4.80. The van der Waals surface area contributed by atoms with Gasteiger partial charge in [-0.1, -0.05) is 11.6 Å². The third-order valence-electron chi connectivity index (χ3n) is 3.50. The van der Waals surface area contributed by atoms with Gasteiger partial charge in [-0.2, -0.15) is 9.97 Å². The van der Waals surface area contributed by atoms with E-state index in [1.807, 2.05) is 26.0 Å². The summed E-state index contributed by atoms with van der Waals surface area (Å²) in [7, 11) is 3.03. The number of aryl methyl sites for hydroxylation is 2. The molecule has 0 atom stereocenters. The highest BCUT2D eigenvalue weighted by atomic mass is 35.5. The first-order chi connectivity index (χ1) is 10.0. The predicted octanol–water partition coefficient (Wildman–Crippen LogP) is 3.47. The number of halogens is 1. The number of ether oxygens (including phenoxy) is 2. The topological polar surface area (TPSA) is 57.1 Å². The molecule has 2 heterocycles. The molecule has 0 fully saturated rings. The van der Waals surface area contributed by atoms with Crippen molar-refractivity contribution in [3.63, 3.8) is 0 Å². The van der Waals surface area contributed by atoms with Gasteiger partial charge in [0.25, 0.3) is 0 Å². The fraction of sp³-hybridized carbons (Fsp3) is 0.267. The van der Waals surface area contributed by atoms with Gasteiger partial charge < -0.3 is 9.47 Å². The lowest BCUT2D eigenvalue weighted by atomic mass is 10.1. The van der Waals surface area contributed by atoms with Crippen LogP contribution in [0, 0.1) is 13.8 Å². The zero-order valence-corrected chi connectivity index (χ0v) is 12.9. The standard InChI is InChI=1S/C15H14ClN3O2/c1-7-5-9-10(6-8(7)2)17-13-12(11(9)16)18-15(21-4)19-14(13)20-3/h5-6H,1-4H3. The smallest absolute Gasteiger partial charge is 0.320 e. The first-order valence-electron chi connectivity index (χ1n) is 6.41. The molecule has 0 radical (unpaired) electrons. The average Bonchev–Trinajstić information content (AvgIpc) is 2.49. The van der Waals surface area contributed by atoms with E-state index in [1.54, 1.807) is 0 Å². The maximum absolute atomic E-state index is 6.52. The molecule has 3 aromatic rings. The van der Waals surface area contributed by atoms with Gasteiger partial charge in [0.05, 0.1) is 24.8 Å². The van der Waals surface area contributed by atoms with Crippen molar-refractivity contribution in [2.24, 2.45) is 0 Å².